The summed E-state index contributed by atoms with van der Waals surface area (Å²) < 4.78 is 0. The van der Waals surface area contributed by atoms with Crippen LogP contribution in [0.15, 0.2) is 54.1 Å². The van der Waals surface area contributed by atoms with Gasteiger partial charge >= 0.3 is 0 Å². The molecule has 1 atom stereocenters. The van der Waals surface area contributed by atoms with Crippen LogP contribution in [0.3, 0.4) is 0 Å². The zero-order valence-electron chi connectivity index (χ0n) is 30.7. The fourth-order valence-corrected chi connectivity index (χ4v) is 8.77. The summed E-state index contributed by atoms with van der Waals surface area (Å²) in [5.41, 5.74) is 21.9. The first kappa shape index (κ1) is 32.6. The van der Waals surface area contributed by atoms with Gasteiger partial charge in [0.1, 0.15) is 0 Å². The van der Waals surface area contributed by atoms with E-state index in [1.54, 1.807) is 0 Å². The van der Waals surface area contributed by atoms with Crippen LogP contribution in [0, 0.1) is 19.3 Å². The van der Waals surface area contributed by atoms with Crippen molar-refractivity contribution < 1.29 is 0 Å². The number of nitrogens with zero attached hydrogens (tertiary/aromatic N) is 2. The Morgan fingerprint density at radius 3 is 1.67 bits per heavy atom. The van der Waals surface area contributed by atoms with Crippen molar-refractivity contribution in [1.82, 2.24) is 19.9 Å². The van der Waals surface area contributed by atoms with Crippen molar-refractivity contribution in [1.29, 1.82) is 0 Å². The Bertz CT molecular complexity index is 2080. The van der Waals surface area contributed by atoms with Gasteiger partial charge in [0.05, 0.1) is 17.4 Å². The third-order valence-electron chi connectivity index (χ3n) is 11.4. The number of aromatic amines is 2. The van der Waals surface area contributed by atoms with Gasteiger partial charge in [0.15, 0.2) is 0 Å². The second kappa shape index (κ2) is 12.5. The van der Waals surface area contributed by atoms with Crippen molar-refractivity contribution in [2.45, 2.75) is 107 Å². The number of likely N-dealkylation sites (tertiary alicyclic amines) is 1. The third kappa shape index (κ3) is 5.47. The molecule has 3 aromatic rings. The van der Waals surface area contributed by atoms with Gasteiger partial charge in [-0.2, -0.15) is 0 Å². The number of hydrogen-bond donors (Lipinski definition) is 2. The molecule has 2 aliphatic carbocycles. The summed E-state index contributed by atoms with van der Waals surface area (Å²) in [4.78, 5) is 15.8. The predicted molar refractivity (Wildman–Crippen MR) is 207 cm³/mol. The fourth-order valence-electron chi connectivity index (χ4n) is 8.77. The van der Waals surface area contributed by atoms with Gasteiger partial charge in [0.2, 0.25) is 0 Å². The highest BCUT2D eigenvalue weighted by Gasteiger charge is 2.33. The van der Waals surface area contributed by atoms with Gasteiger partial charge in [-0.15, -0.1) is 0 Å². The van der Waals surface area contributed by atoms with Gasteiger partial charge in [0, 0.05) is 22.1 Å². The average molecular weight is 639 g/mol. The first-order valence-corrected chi connectivity index (χ1v) is 18.5. The van der Waals surface area contributed by atoms with Gasteiger partial charge in [0.25, 0.3) is 0 Å². The topological polar surface area (TPSA) is 47.7 Å². The lowest BCUT2D eigenvalue weighted by atomic mass is 9.81. The molecule has 4 nitrogen and oxygen atoms in total. The fraction of sp³-hybridized carbons (Fsp3) is 0.432. The maximum Gasteiger partial charge on any atom is 0.0693 e. The molecule has 8 bridgehead atoms. The number of hydrogen-bond acceptors (Lipinski definition) is 2. The highest BCUT2D eigenvalue weighted by atomic mass is 15.2. The van der Waals surface area contributed by atoms with E-state index < -0.39 is 0 Å². The molecule has 48 heavy (non-hydrogen) atoms. The van der Waals surface area contributed by atoms with Crippen LogP contribution in [-0.2, 0) is 12.8 Å². The van der Waals surface area contributed by atoms with E-state index in [0.717, 1.165) is 50.2 Å². The second-order valence-corrected chi connectivity index (χ2v) is 15.2. The smallest absolute Gasteiger partial charge is 0.0693 e. The van der Waals surface area contributed by atoms with E-state index in [9.17, 15) is 0 Å². The third-order valence-corrected chi connectivity index (χ3v) is 11.4. The Morgan fingerprint density at radius 1 is 0.667 bits per heavy atom. The second-order valence-electron chi connectivity index (χ2n) is 15.2. The van der Waals surface area contributed by atoms with Crippen LogP contribution >= 0.6 is 0 Å². The number of H-pyrrole nitrogens is 2. The highest BCUT2D eigenvalue weighted by molar-refractivity contribution is 6.11. The van der Waals surface area contributed by atoms with Crippen molar-refractivity contribution in [2.75, 3.05) is 13.1 Å². The van der Waals surface area contributed by atoms with Crippen LogP contribution in [0.5, 0.6) is 0 Å². The molecule has 2 N–H and O–H groups in total. The molecule has 7 rings (SSSR count). The number of nitrogens with one attached hydrogen (secondary N) is 2. The Morgan fingerprint density at radius 2 is 1.19 bits per heavy atom. The van der Waals surface area contributed by atoms with Crippen LogP contribution in [0.4, 0.5) is 0 Å². The first-order valence-electron chi connectivity index (χ1n) is 18.5. The Labute approximate surface area is 287 Å². The van der Waals surface area contributed by atoms with E-state index in [1.165, 1.54) is 96.2 Å². The molecule has 2 aliphatic heterocycles. The van der Waals surface area contributed by atoms with Crippen molar-refractivity contribution in [3.8, 4) is 0 Å². The molecular formula is C44H54N4. The predicted octanol–water partition coefficient (Wildman–Crippen LogP) is 11.3. The maximum atomic E-state index is 5.31. The zero-order chi connectivity index (χ0) is 33.9. The summed E-state index contributed by atoms with van der Waals surface area (Å²) in [6.45, 7) is 23.1. The minimum absolute atomic E-state index is 0.0705. The molecular weight excluding hydrogens is 585 g/mol. The standard InChI is InChI=1S/C44H54N4/c1-10-30-26(5)37-24-41-32(12-3)33(13-4)42(47-41)25-38-27(6)31(11-2)40(46-38)22-29-20-28(21-39(30)45-37)34-16-17-36(44(7,8)9)43(23-35(29)34)48-18-14-15-19-48/h16-17,20-25,43,45-46H,10-15,18-19H2,1-9H3. The SMILES string of the molecule is CCC1=C(CC)c2cc3[nH]c(cc4cc(cc5[nH]c(cc1n2)c(C)c5CC)C1=CC=C(C(C)(C)C)C(N2CCCC2)C=C14)c(CC)c3C. The molecule has 0 spiro atoms. The van der Waals surface area contributed by atoms with Crippen LogP contribution < -0.4 is 0 Å². The average Bonchev–Trinajstić information content (AvgIpc) is 3.84. The lowest BCUT2D eigenvalue weighted by Crippen LogP contribution is -2.36. The van der Waals surface area contributed by atoms with Crippen LogP contribution in [-0.4, -0.2) is 39.0 Å². The van der Waals surface area contributed by atoms with Gasteiger partial charge in [-0.1, -0.05) is 66.7 Å². The molecule has 4 aliphatic rings. The van der Waals surface area contributed by atoms with Crippen molar-refractivity contribution in [3.05, 3.63) is 98.9 Å². The van der Waals surface area contributed by atoms with E-state index >= 15 is 0 Å². The Balaban J connectivity index is 1.60. The largest absolute Gasteiger partial charge is 0.355 e. The zero-order valence-corrected chi connectivity index (χ0v) is 30.7. The van der Waals surface area contributed by atoms with Crippen LogP contribution in [0.25, 0.3) is 44.4 Å². The quantitative estimate of drug-likeness (QED) is 0.292. The van der Waals surface area contributed by atoms with E-state index in [0.29, 0.717) is 6.04 Å². The summed E-state index contributed by atoms with van der Waals surface area (Å²) in [6.07, 6.45) is 13.9. The summed E-state index contributed by atoms with van der Waals surface area (Å²) in [5.74, 6) is 0. The van der Waals surface area contributed by atoms with Crippen molar-refractivity contribution >= 4 is 44.4 Å². The molecule has 250 valence electrons. The van der Waals surface area contributed by atoms with Crippen molar-refractivity contribution in [2.24, 2.45) is 5.41 Å². The van der Waals surface area contributed by atoms with Gasteiger partial charge in [-0.25, -0.2) is 4.98 Å². The molecule has 1 unspecified atom stereocenters. The Hall–Kier alpha value is -3.89. The lowest BCUT2D eigenvalue weighted by Gasteiger charge is -2.34. The maximum absolute atomic E-state index is 5.31. The molecule has 1 fully saturated rings. The van der Waals surface area contributed by atoms with Crippen LogP contribution in [0.2, 0.25) is 0 Å². The molecule has 3 aromatic heterocycles. The molecule has 5 heterocycles. The summed E-state index contributed by atoms with van der Waals surface area (Å²) >= 11 is 0. The van der Waals surface area contributed by atoms with Crippen LogP contribution in [0.1, 0.15) is 119 Å². The van der Waals surface area contributed by atoms with Gasteiger partial charge < -0.3 is 9.97 Å². The minimum atomic E-state index is 0.0705. The normalized spacial score (nSPS) is 18.5. The summed E-state index contributed by atoms with van der Waals surface area (Å²) in [5, 5.41) is 0. The molecule has 0 radical (unpaired) electrons. The molecule has 0 amide bonds. The lowest BCUT2D eigenvalue weighted by molar-refractivity contribution is 0.281. The number of fused-ring (bicyclic) bond motifs is 11. The number of allylic oxidation sites excluding steroid dienone is 6. The van der Waals surface area contributed by atoms with Gasteiger partial charge in [-0.05, 0) is 162 Å². The van der Waals surface area contributed by atoms with E-state index in [-0.39, 0.29) is 5.41 Å². The van der Waals surface area contributed by atoms with E-state index in [4.69, 9.17) is 4.98 Å². The van der Waals surface area contributed by atoms with E-state index in [2.05, 4.69) is 126 Å². The highest BCUT2D eigenvalue weighted by Crippen LogP contribution is 2.45. The minimum Gasteiger partial charge on any atom is -0.355 e. The van der Waals surface area contributed by atoms with Gasteiger partial charge in [-0.3, -0.25) is 4.90 Å². The van der Waals surface area contributed by atoms with Crippen molar-refractivity contribution in [3.63, 3.8) is 0 Å². The summed E-state index contributed by atoms with van der Waals surface area (Å²) in [6, 6.07) is 12.2. The molecule has 4 heteroatoms. The first-order chi connectivity index (χ1) is 23.1. The monoisotopic (exact) mass is 638 g/mol. The molecule has 0 saturated carbocycles. The summed E-state index contributed by atoms with van der Waals surface area (Å²) in [7, 11) is 0. The number of aromatic nitrogens is 3. The number of rotatable bonds is 5. The number of aryl methyl sites for hydroxylation is 4. The van der Waals surface area contributed by atoms with E-state index in [1.807, 2.05) is 0 Å². The Kier molecular flexibility index (Phi) is 8.52. The molecule has 0 aromatic carbocycles. The molecule has 1 saturated heterocycles.